The summed E-state index contributed by atoms with van der Waals surface area (Å²) in [6.07, 6.45) is 0. The molecule has 1 aliphatic heterocycles. The first-order valence-corrected chi connectivity index (χ1v) is 10.4. The summed E-state index contributed by atoms with van der Waals surface area (Å²) in [6.45, 7) is 1.66. The molecule has 0 unspecified atom stereocenters. The zero-order chi connectivity index (χ0) is 19.4. The summed E-state index contributed by atoms with van der Waals surface area (Å²) in [4.78, 5) is 12.1. The van der Waals surface area contributed by atoms with Crippen LogP contribution in [-0.4, -0.2) is 55.2 Å². The molecule has 1 amide bonds. The number of halogens is 1. The first-order chi connectivity index (χ1) is 12.9. The topological polar surface area (TPSA) is 93.5 Å². The average molecular weight is 413 g/mol. The normalized spacial score (nSPS) is 14.7. The van der Waals surface area contributed by atoms with Gasteiger partial charge in [-0.3, -0.25) is 9.48 Å². The molecule has 0 fully saturated rings. The Morgan fingerprint density at radius 3 is 2.85 bits per heavy atom. The molecule has 146 valence electrons. The number of benzene rings is 1. The van der Waals surface area contributed by atoms with Gasteiger partial charge in [0.05, 0.1) is 31.1 Å². The predicted octanol–water partition coefficient (Wildman–Crippen LogP) is 1.26. The summed E-state index contributed by atoms with van der Waals surface area (Å²) in [5.74, 6) is -0.468. The summed E-state index contributed by atoms with van der Waals surface area (Å²) in [6, 6.07) is 8.52. The van der Waals surface area contributed by atoms with Crippen LogP contribution in [0.25, 0.3) is 0 Å². The third kappa shape index (κ3) is 4.67. The van der Waals surface area contributed by atoms with Crippen molar-refractivity contribution in [3.63, 3.8) is 0 Å². The van der Waals surface area contributed by atoms with Crippen molar-refractivity contribution >= 4 is 27.5 Å². The summed E-state index contributed by atoms with van der Waals surface area (Å²) < 4.78 is 33.5. The zero-order valence-electron chi connectivity index (χ0n) is 14.9. The number of hydrogen-bond donors (Lipinski definition) is 1. The van der Waals surface area contributed by atoms with Gasteiger partial charge in [0.15, 0.2) is 0 Å². The van der Waals surface area contributed by atoms with Gasteiger partial charge in [-0.2, -0.15) is 9.40 Å². The highest BCUT2D eigenvalue weighted by Crippen LogP contribution is 2.23. The maximum atomic E-state index is 12.8. The second-order valence-corrected chi connectivity index (χ2v) is 8.55. The number of methoxy groups -OCH3 is 1. The molecule has 0 atom stereocenters. The molecule has 8 nitrogen and oxygen atoms in total. The van der Waals surface area contributed by atoms with Crippen molar-refractivity contribution in [1.29, 1.82) is 0 Å². The van der Waals surface area contributed by atoms with Gasteiger partial charge in [-0.05, 0) is 17.7 Å². The minimum Gasteiger partial charge on any atom is -0.383 e. The van der Waals surface area contributed by atoms with Crippen molar-refractivity contribution in [3.05, 3.63) is 52.3 Å². The smallest absolute Gasteiger partial charge is 0.271 e. The summed E-state index contributed by atoms with van der Waals surface area (Å²) in [5.41, 5.74) is 1.52. The van der Waals surface area contributed by atoms with Gasteiger partial charge in [0.1, 0.15) is 5.69 Å². The van der Waals surface area contributed by atoms with Crippen molar-refractivity contribution in [2.24, 2.45) is 0 Å². The Kier molecular flexibility index (Phi) is 6.15. The number of sulfonamides is 1. The molecule has 0 radical (unpaired) electrons. The van der Waals surface area contributed by atoms with Gasteiger partial charge in [-0.25, -0.2) is 8.42 Å². The molecule has 0 saturated carbocycles. The Hall–Kier alpha value is -1.94. The number of hydrogen-bond acceptors (Lipinski definition) is 5. The number of fused-ring (bicyclic) bond motifs is 1. The number of amides is 1. The van der Waals surface area contributed by atoms with E-state index in [0.717, 1.165) is 0 Å². The van der Waals surface area contributed by atoms with Crippen molar-refractivity contribution < 1.29 is 17.9 Å². The SMILES string of the molecule is COCCNC(=O)c1cc2n(n1)CCN(S(=O)(=O)Cc1ccccc1Cl)C2. The van der Waals surface area contributed by atoms with E-state index in [2.05, 4.69) is 10.4 Å². The second-order valence-electron chi connectivity index (χ2n) is 6.17. The third-order valence-electron chi connectivity index (χ3n) is 4.28. The standard InChI is InChI=1S/C17H21ClN4O4S/c1-26-9-6-19-17(23)16-10-14-11-21(7-8-22(14)20-16)27(24,25)12-13-4-2-3-5-15(13)18/h2-5,10H,6-9,11-12H2,1H3,(H,19,23). The van der Waals surface area contributed by atoms with Gasteiger partial charge in [0.25, 0.3) is 5.91 Å². The van der Waals surface area contributed by atoms with Crippen LogP contribution in [0.4, 0.5) is 0 Å². The van der Waals surface area contributed by atoms with E-state index < -0.39 is 10.0 Å². The van der Waals surface area contributed by atoms with Crippen LogP contribution in [0.15, 0.2) is 30.3 Å². The molecule has 0 spiro atoms. The highest BCUT2D eigenvalue weighted by atomic mass is 35.5. The summed E-state index contributed by atoms with van der Waals surface area (Å²) in [5, 5.41) is 7.40. The van der Waals surface area contributed by atoms with Crippen LogP contribution >= 0.6 is 11.6 Å². The lowest BCUT2D eigenvalue weighted by atomic mass is 10.2. The van der Waals surface area contributed by atoms with Crippen LogP contribution in [0, 0.1) is 0 Å². The van der Waals surface area contributed by atoms with Crippen LogP contribution in [-0.2, 0) is 33.6 Å². The number of nitrogens with zero attached hydrogens (tertiary/aromatic N) is 3. The van der Waals surface area contributed by atoms with Gasteiger partial charge >= 0.3 is 0 Å². The Balaban J connectivity index is 1.70. The van der Waals surface area contributed by atoms with E-state index in [1.165, 1.54) is 4.31 Å². The Morgan fingerprint density at radius 1 is 1.33 bits per heavy atom. The highest BCUT2D eigenvalue weighted by Gasteiger charge is 2.29. The Bertz CT molecular complexity index is 929. The lowest BCUT2D eigenvalue weighted by Gasteiger charge is -2.27. The van der Waals surface area contributed by atoms with E-state index in [-0.39, 0.29) is 23.9 Å². The number of rotatable bonds is 7. The van der Waals surface area contributed by atoms with E-state index in [0.29, 0.717) is 42.5 Å². The van der Waals surface area contributed by atoms with Gasteiger partial charge in [0, 0.05) is 25.2 Å². The monoisotopic (exact) mass is 412 g/mol. The molecule has 2 heterocycles. The molecule has 0 aliphatic carbocycles. The number of carbonyl (C=O) groups excluding carboxylic acids is 1. The summed E-state index contributed by atoms with van der Waals surface area (Å²) in [7, 11) is -1.98. The van der Waals surface area contributed by atoms with Gasteiger partial charge in [0.2, 0.25) is 10.0 Å². The fraction of sp³-hybridized carbons (Fsp3) is 0.412. The van der Waals surface area contributed by atoms with Gasteiger partial charge in [-0.15, -0.1) is 0 Å². The highest BCUT2D eigenvalue weighted by molar-refractivity contribution is 7.88. The van der Waals surface area contributed by atoms with Crippen LogP contribution in [0.3, 0.4) is 0 Å². The van der Waals surface area contributed by atoms with E-state index in [1.54, 1.807) is 42.1 Å². The van der Waals surface area contributed by atoms with Crippen molar-refractivity contribution in [2.45, 2.75) is 18.8 Å². The average Bonchev–Trinajstić information content (AvgIpc) is 3.07. The number of nitrogens with one attached hydrogen (secondary N) is 1. The van der Waals surface area contributed by atoms with E-state index in [9.17, 15) is 13.2 Å². The van der Waals surface area contributed by atoms with Crippen molar-refractivity contribution in [1.82, 2.24) is 19.4 Å². The maximum Gasteiger partial charge on any atom is 0.271 e. The molecule has 1 N–H and O–H groups in total. The first-order valence-electron chi connectivity index (χ1n) is 8.46. The third-order valence-corrected chi connectivity index (χ3v) is 6.42. The van der Waals surface area contributed by atoms with E-state index in [1.807, 2.05) is 0 Å². The lowest BCUT2D eigenvalue weighted by molar-refractivity contribution is 0.0931. The molecular formula is C17H21ClN4O4S. The molecule has 1 aromatic heterocycles. The van der Waals surface area contributed by atoms with Crippen LogP contribution < -0.4 is 5.32 Å². The van der Waals surface area contributed by atoms with Gasteiger partial charge < -0.3 is 10.1 Å². The Morgan fingerprint density at radius 2 is 2.11 bits per heavy atom. The van der Waals surface area contributed by atoms with Crippen LogP contribution in [0.5, 0.6) is 0 Å². The minimum atomic E-state index is -3.54. The molecule has 1 aromatic carbocycles. The molecular weight excluding hydrogens is 392 g/mol. The van der Waals surface area contributed by atoms with Crippen LogP contribution in [0.2, 0.25) is 5.02 Å². The quantitative estimate of drug-likeness (QED) is 0.691. The fourth-order valence-electron chi connectivity index (χ4n) is 2.85. The van der Waals surface area contributed by atoms with E-state index >= 15 is 0 Å². The molecule has 27 heavy (non-hydrogen) atoms. The second kappa shape index (κ2) is 8.39. The minimum absolute atomic E-state index is 0.162. The van der Waals surface area contributed by atoms with Crippen molar-refractivity contribution in [3.8, 4) is 0 Å². The Labute approximate surface area is 163 Å². The molecule has 10 heteroatoms. The van der Waals surface area contributed by atoms with Crippen molar-refractivity contribution in [2.75, 3.05) is 26.8 Å². The molecule has 0 saturated heterocycles. The molecule has 3 rings (SSSR count). The van der Waals surface area contributed by atoms with Gasteiger partial charge in [-0.1, -0.05) is 29.8 Å². The molecule has 0 bridgehead atoms. The molecule has 1 aliphatic rings. The predicted molar refractivity (Wildman–Crippen MR) is 101 cm³/mol. The van der Waals surface area contributed by atoms with E-state index in [4.69, 9.17) is 16.3 Å². The largest absolute Gasteiger partial charge is 0.383 e. The maximum absolute atomic E-state index is 12.8. The molecule has 2 aromatic rings. The number of ether oxygens (including phenoxy) is 1. The zero-order valence-corrected chi connectivity index (χ0v) is 16.5. The lowest BCUT2D eigenvalue weighted by Crippen LogP contribution is -2.39. The number of aromatic nitrogens is 2. The number of carbonyl (C=O) groups is 1. The first kappa shape index (κ1) is 19.8. The fourth-order valence-corrected chi connectivity index (χ4v) is 4.65. The van der Waals surface area contributed by atoms with Crippen LogP contribution in [0.1, 0.15) is 21.7 Å². The summed E-state index contributed by atoms with van der Waals surface area (Å²) >= 11 is 6.09.